The zero-order valence-corrected chi connectivity index (χ0v) is 17.8. The van der Waals surface area contributed by atoms with Crippen molar-refractivity contribution in [3.8, 4) is 11.6 Å². The van der Waals surface area contributed by atoms with Crippen LogP contribution in [0.4, 0.5) is 4.39 Å². The molecular weight excluding hydrogens is 433 g/mol. The summed E-state index contributed by atoms with van der Waals surface area (Å²) >= 11 is 5.95. The number of aromatic nitrogens is 2. The highest BCUT2D eigenvalue weighted by Crippen LogP contribution is 2.31. The zero-order chi connectivity index (χ0) is 22.1. The number of nitrogens with one attached hydrogen (secondary N) is 1. The highest BCUT2D eigenvalue weighted by molar-refractivity contribution is 7.90. The minimum Gasteiger partial charge on any atom is -0.438 e. The molecule has 0 aliphatic heterocycles. The molecule has 0 unspecified atom stereocenters. The SMILES string of the molecule is Cc1cc(C)c(Oc2nc(Cl)ccc2C(=O)NS(=O)(=O)c2cccc(F)n2)c(C)c1. The number of hydrogen-bond acceptors (Lipinski definition) is 6. The van der Waals surface area contributed by atoms with Gasteiger partial charge >= 0.3 is 0 Å². The van der Waals surface area contributed by atoms with E-state index < -0.39 is 26.9 Å². The Hall–Kier alpha value is -3.04. The van der Waals surface area contributed by atoms with E-state index in [1.165, 1.54) is 18.2 Å². The van der Waals surface area contributed by atoms with Gasteiger partial charge < -0.3 is 4.74 Å². The topological polar surface area (TPSA) is 98.2 Å². The highest BCUT2D eigenvalue weighted by Gasteiger charge is 2.24. The van der Waals surface area contributed by atoms with Gasteiger partial charge in [-0.3, -0.25) is 4.79 Å². The molecule has 3 rings (SSSR count). The summed E-state index contributed by atoms with van der Waals surface area (Å²) in [6, 6.07) is 9.62. The number of ether oxygens (including phenoxy) is 1. The van der Waals surface area contributed by atoms with Gasteiger partial charge in [0.25, 0.3) is 15.9 Å². The van der Waals surface area contributed by atoms with Crippen molar-refractivity contribution in [3.05, 3.63) is 75.8 Å². The van der Waals surface area contributed by atoms with E-state index in [9.17, 15) is 17.6 Å². The largest absolute Gasteiger partial charge is 0.438 e. The van der Waals surface area contributed by atoms with Gasteiger partial charge in [0.2, 0.25) is 11.8 Å². The first-order valence-electron chi connectivity index (χ1n) is 8.69. The van der Waals surface area contributed by atoms with Crippen LogP contribution in [-0.4, -0.2) is 24.3 Å². The molecule has 156 valence electrons. The quantitative estimate of drug-likeness (QED) is 0.589. The van der Waals surface area contributed by atoms with Crippen LogP contribution in [0.2, 0.25) is 5.15 Å². The van der Waals surface area contributed by atoms with Gasteiger partial charge in [0.1, 0.15) is 16.5 Å². The van der Waals surface area contributed by atoms with Crippen LogP contribution in [0.15, 0.2) is 47.5 Å². The van der Waals surface area contributed by atoms with Crippen LogP contribution >= 0.6 is 11.6 Å². The predicted octanol–water partition coefficient (Wildman–Crippen LogP) is 4.11. The maximum atomic E-state index is 13.3. The Balaban J connectivity index is 1.96. The number of pyridine rings is 2. The monoisotopic (exact) mass is 449 g/mol. The van der Waals surface area contributed by atoms with Crippen LogP contribution in [0.3, 0.4) is 0 Å². The summed E-state index contributed by atoms with van der Waals surface area (Å²) in [7, 11) is -4.42. The van der Waals surface area contributed by atoms with Gasteiger partial charge in [0.05, 0.1) is 0 Å². The van der Waals surface area contributed by atoms with Crippen molar-refractivity contribution in [2.24, 2.45) is 0 Å². The number of nitrogens with zero attached hydrogens (tertiary/aromatic N) is 2. The first-order chi connectivity index (χ1) is 14.1. The lowest BCUT2D eigenvalue weighted by atomic mass is 10.1. The maximum Gasteiger partial charge on any atom is 0.281 e. The van der Waals surface area contributed by atoms with E-state index in [-0.39, 0.29) is 16.6 Å². The molecule has 1 N–H and O–H groups in total. The van der Waals surface area contributed by atoms with E-state index in [0.29, 0.717) is 5.75 Å². The van der Waals surface area contributed by atoms with Crippen molar-refractivity contribution in [2.75, 3.05) is 0 Å². The van der Waals surface area contributed by atoms with Crippen LogP contribution < -0.4 is 9.46 Å². The molecule has 3 aromatic rings. The molecule has 1 aromatic carbocycles. The molecule has 0 fully saturated rings. The molecular formula is C20H17ClFN3O4S. The fourth-order valence-electron chi connectivity index (χ4n) is 2.86. The molecule has 10 heteroatoms. The molecule has 2 heterocycles. The van der Waals surface area contributed by atoms with Crippen LogP contribution in [0.25, 0.3) is 0 Å². The summed E-state index contributed by atoms with van der Waals surface area (Å²) in [5, 5.41) is -0.580. The van der Waals surface area contributed by atoms with E-state index in [4.69, 9.17) is 16.3 Å². The molecule has 0 spiro atoms. The number of carbonyl (C=O) groups excluding carboxylic acids is 1. The normalized spacial score (nSPS) is 11.2. The first-order valence-corrected chi connectivity index (χ1v) is 10.5. The number of rotatable bonds is 5. The highest BCUT2D eigenvalue weighted by atomic mass is 35.5. The fraction of sp³-hybridized carbons (Fsp3) is 0.150. The van der Waals surface area contributed by atoms with E-state index >= 15 is 0 Å². The second-order valence-corrected chi connectivity index (χ2v) is 8.57. The zero-order valence-electron chi connectivity index (χ0n) is 16.2. The second-order valence-electron chi connectivity index (χ2n) is 6.55. The summed E-state index contributed by atoms with van der Waals surface area (Å²) in [6.07, 6.45) is 0. The molecule has 7 nitrogen and oxygen atoms in total. The average Bonchev–Trinajstić information content (AvgIpc) is 2.64. The summed E-state index contributed by atoms with van der Waals surface area (Å²) < 4.78 is 45.8. The minimum absolute atomic E-state index is 0.0543. The second kappa shape index (κ2) is 8.37. The standard InChI is InChI=1S/C20H17ClFN3O4S/c1-11-9-12(2)18(13(3)10-11)29-20-14(7-8-15(21)23-20)19(26)25-30(27,28)17-6-4-5-16(22)24-17/h4-10H,1-3H3,(H,25,26). The molecule has 0 saturated heterocycles. The van der Waals surface area contributed by atoms with Gasteiger partial charge in [-0.25, -0.2) is 14.7 Å². The van der Waals surface area contributed by atoms with Gasteiger partial charge in [-0.1, -0.05) is 35.4 Å². The van der Waals surface area contributed by atoms with Crippen LogP contribution in [0.1, 0.15) is 27.0 Å². The van der Waals surface area contributed by atoms with E-state index in [1.54, 1.807) is 0 Å². The van der Waals surface area contributed by atoms with E-state index in [1.807, 2.05) is 37.6 Å². The number of amides is 1. The smallest absolute Gasteiger partial charge is 0.281 e. The molecule has 0 atom stereocenters. The lowest BCUT2D eigenvalue weighted by molar-refractivity contribution is 0.0978. The molecule has 0 aliphatic carbocycles. The Kier molecular flexibility index (Phi) is 6.04. The lowest BCUT2D eigenvalue weighted by Crippen LogP contribution is -2.31. The van der Waals surface area contributed by atoms with Crippen molar-refractivity contribution in [1.29, 1.82) is 0 Å². The third-order valence-electron chi connectivity index (χ3n) is 4.07. The van der Waals surface area contributed by atoms with Crippen molar-refractivity contribution in [1.82, 2.24) is 14.7 Å². The molecule has 0 saturated carbocycles. The molecule has 1 amide bonds. The third kappa shape index (κ3) is 4.74. The number of aryl methyl sites for hydroxylation is 3. The number of benzene rings is 1. The van der Waals surface area contributed by atoms with Gasteiger partial charge in [0, 0.05) is 0 Å². The lowest BCUT2D eigenvalue weighted by Gasteiger charge is -2.15. The molecule has 0 aliphatic rings. The Morgan fingerprint density at radius 1 is 1.07 bits per heavy atom. The summed E-state index contributed by atoms with van der Waals surface area (Å²) in [6.45, 7) is 5.60. The number of sulfonamides is 1. The summed E-state index contributed by atoms with van der Waals surface area (Å²) in [5.41, 5.74) is 2.47. The Morgan fingerprint density at radius 2 is 1.73 bits per heavy atom. The van der Waals surface area contributed by atoms with Gasteiger partial charge in [-0.2, -0.15) is 12.8 Å². The van der Waals surface area contributed by atoms with Crippen LogP contribution in [0, 0.1) is 26.7 Å². The van der Waals surface area contributed by atoms with Gasteiger partial charge in [-0.05, 0) is 56.2 Å². The molecule has 0 bridgehead atoms. The van der Waals surface area contributed by atoms with Crippen molar-refractivity contribution < 1.29 is 22.3 Å². The van der Waals surface area contributed by atoms with Crippen LogP contribution in [-0.2, 0) is 10.0 Å². The molecule has 0 radical (unpaired) electrons. The maximum absolute atomic E-state index is 13.3. The number of hydrogen-bond donors (Lipinski definition) is 1. The fourth-order valence-corrected chi connectivity index (χ4v) is 3.92. The first kappa shape index (κ1) is 21.7. The van der Waals surface area contributed by atoms with Crippen molar-refractivity contribution in [3.63, 3.8) is 0 Å². The predicted molar refractivity (Wildman–Crippen MR) is 109 cm³/mol. The number of carbonyl (C=O) groups is 1. The third-order valence-corrected chi connectivity index (χ3v) is 5.51. The Labute approximate surface area is 177 Å². The van der Waals surface area contributed by atoms with E-state index in [0.717, 1.165) is 28.8 Å². The minimum atomic E-state index is -4.42. The summed E-state index contributed by atoms with van der Waals surface area (Å²) in [4.78, 5) is 20.0. The average molecular weight is 450 g/mol. The Bertz CT molecular complexity index is 1230. The summed E-state index contributed by atoms with van der Waals surface area (Å²) in [5.74, 6) is -1.72. The van der Waals surface area contributed by atoms with E-state index in [2.05, 4.69) is 9.97 Å². The molecule has 2 aromatic heterocycles. The number of halogens is 2. The van der Waals surface area contributed by atoms with Crippen molar-refractivity contribution in [2.45, 2.75) is 25.8 Å². The molecule has 30 heavy (non-hydrogen) atoms. The van der Waals surface area contributed by atoms with Gasteiger partial charge in [-0.15, -0.1) is 0 Å². The van der Waals surface area contributed by atoms with Gasteiger partial charge in [0.15, 0.2) is 5.03 Å². The Morgan fingerprint density at radius 3 is 2.37 bits per heavy atom. The van der Waals surface area contributed by atoms with Crippen LogP contribution in [0.5, 0.6) is 11.6 Å². The van der Waals surface area contributed by atoms with Crippen molar-refractivity contribution >= 4 is 27.5 Å².